The van der Waals surface area contributed by atoms with Gasteiger partial charge in [-0.2, -0.15) is 0 Å². The van der Waals surface area contributed by atoms with Crippen molar-refractivity contribution >= 4 is 8.32 Å². The summed E-state index contributed by atoms with van der Waals surface area (Å²) in [4.78, 5) is 0. The van der Waals surface area contributed by atoms with Crippen molar-refractivity contribution in [2.45, 2.75) is 65.6 Å². The summed E-state index contributed by atoms with van der Waals surface area (Å²) < 4.78 is 6.16. The highest BCUT2D eigenvalue weighted by Gasteiger charge is 2.36. The van der Waals surface area contributed by atoms with Gasteiger partial charge in [-0.15, -0.1) is 0 Å². The summed E-state index contributed by atoms with van der Waals surface area (Å²) in [6.45, 7) is 16.8. The second kappa shape index (κ2) is 6.60. The van der Waals surface area contributed by atoms with Crippen LogP contribution in [0.5, 0.6) is 0 Å². The van der Waals surface area contributed by atoms with E-state index in [0.29, 0.717) is 5.04 Å². The minimum atomic E-state index is -1.52. The molecule has 0 bridgehead atoms. The van der Waals surface area contributed by atoms with Crippen LogP contribution in [-0.4, -0.2) is 14.9 Å². The second-order valence-corrected chi connectivity index (χ2v) is 11.1. The molecule has 1 atom stereocenters. The average Bonchev–Trinajstić information content (AvgIpc) is 2.12. The monoisotopic (exact) mass is 242 g/mol. The molecule has 1 nitrogen and oxygen atoms in total. The molecular weight excluding hydrogens is 212 g/mol. The van der Waals surface area contributed by atoms with E-state index < -0.39 is 8.32 Å². The van der Waals surface area contributed by atoms with E-state index >= 15 is 0 Å². The molecule has 2 heteroatoms. The molecule has 0 rings (SSSR count). The van der Waals surface area contributed by atoms with Crippen LogP contribution in [0.4, 0.5) is 0 Å². The molecule has 0 amide bonds. The van der Waals surface area contributed by atoms with E-state index in [0.717, 1.165) is 12.5 Å². The molecule has 0 N–H and O–H groups in total. The van der Waals surface area contributed by atoms with Gasteiger partial charge in [0.05, 0.1) is 0 Å². The predicted octanol–water partition coefficient (Wildman–Crippen LogP) is 5.00. The Balaban J connectivity index is 3.90. The fourth-order valence-electron chi connectivity index (χ4n) is 1.22. The summed E-state index contributed by atoms with van der Waals surface area (Å²) in [5, 5.41) is 0.333. The van der Waals surface area contributed by atoms with Gasteiger partial charge in [-0.3, -0.25) is 0 Å². The van der Waals surface area contributed by atoms with Crippen molar-refractivity contribution in [3.05, 3.63) is 12.2 Å². The number of rotatable bonds is 6. The molecule has 0 heterocycles. The molecule has 0 aliphatic carbocycles. The quantitative estimate of drug-likeness (QED) is 0.470. The Labute approximate surface area is 103 Å². The number of hydrogen-bond acceptors (Lipinski definition) is 1. The lowest BCUT2D eigenvalue weighted by Crippen LogP contribution is -2.41. The Bertz CT molecular complexity index is 213. The third-order valence-corrected chi connectivity index (χ3v) is 8.19. The van der Waals surface area contributed by atoms with Crippen LogP contribution < -0.4 is 0 Å². The third-order valence-electron chi connectivity index (χ3n) is 3.65. The van der Waals surface area contributed by atoms with E-state index in [2.05, 4.69) is 59.9 Å². The lowest BCUT2D eigenvalue weighted by atomic mass is 10.0. The molecular formula is C14H30OSi. The van der Waals surface area contributed by atoms with E-state index in [1.807, 2.05) is 0 Å². The maximum absolute atomic E-state index is 6.16. The SMILES string of the molecule is CC=CCC(C)CCO[Si](C)(C)C(C)(C)C. The molecule has 0 aliphatic heterocycles. The van der Waals surface area contributed by atoms with E-state index in [1.54, 1.807) is 0 Å². The third kappa shape index (κ3) is 5.85. The molecule has 0 fully saturated rings. The first-order valence-electron chi connectivity index (χ1n) is 6.46. The van der Waals surface area contributed by atoms with Gasteiger partial charge in [-0.05, 0) is 43.8 Å². The molecule has 96 valence electrons. The lowest BCUT2D eigenvalue weighted by Gasteiger charge is -2.36. The van der Waals surface area contributed by atoms with Crippen molar-refractivity contribution < 1.29 is 4.43 Å². The Morgan fingerprint density at radius 3 is 2.25 bits per heavy atom. The molecule has 0 aliphatic rings. The summed E-state index contributed by atoms with van der Waals surface area (Å²) in [5.41, 5.74) is 0. The summed E-state index contributed by atoms with van der Waals surface area (Å²) in [6, 6.07) is 0. The van der Waals surface area contributed by atoms with Crippen molar-refractivity contribution in [2.75, 3.05) is 6.61 Å². The first-order valence-corrected chi connectivity index (χ1v) is 9.36. The molecule has 1 unspecified atom stereocenters. The summed E-state index contributed by atoms with van der Waals surface area (Å²) in [6.07, 6.45) is 6.73. The highest BCUT2D eigenvalue weighted by Crippen LogP contribution is 2.36. The fourth-order valence-corrected chi connectivity index (χ4v) is 2.28. The summed E-state index contributed by atoms with van der Waals surface area (Å²) in [7, 11) is -1.52. The second-order valence-electron chi connectivity index (χ2n) is 6.31. The zero-order chi connectivity index (χ0) is 12.8. The van der Waals surface area contributed by atoms with Gasteiger partial charge in [-0.25, -0.2) is 0 Å². The minimum absolute atomic E-state index is 0.333. The number of allylic oxidation sites excluding steroid dienone is 2. The Kier molecular flexibility index (Phi) is 6.57. The standard InChI is InChI=1S/C14H30OSi/c1-8-9-10-13(2)11-12-15-16(6,7)14(3,4)5/h8-9,13H,10-12H2,1-7H3. The molecule has 0 saturated heterocycles. The summed E-state index contributed by atoms with van der Waals surface area (Å²) >= 11 is 0. The topological polar surface area (TPSA) is 9.23 Å². The lowest BCUT2D eigenvalue weighted by molar-refractivity contribution is 0.260. The van der Waals surface area contributed by atoms with Gasteiger partial charge < -0.3 is 4.43 Å². The van der Waals surface area contributed by atoms with Crippen molar-refractivity contribution in [3.8, 4) is 0 Å². The maximum Gasteiger partial charge on any atom is 0.191 e. The smallest absolute Gasteiger partial charge is 0.191 e. The van der Waals surface area contributed by atoms with Crippen molar-refractivity contribution in [1.29, 1.82) is 0 Å². The maximum atomic E-state index is 6.16. The van der Waals surface area contributed by atoms with Crippen LogP contribution in [0, 0.1) is 5.92 Å². The van der Waals surface area contributed by atoms with Crippen molar-refractivity contribution in [1.82, 2.24) is 0 Å². The zero-order valence-electron chi connectivity index (χ0n) is 12.3. The molecule has 0 aromatic heterocycles. The number of hydrogen-bond donors (Lipinski definition) is 0. The van der Waals surface area contributed by atoms with Crippen LogP contribution in [0.15, 0.2) is 12.2 Å². The molecule has 0 radical (unpaired) electrons. The van der Waals surface area contributed by atoms with Crippen LogP contribution >= 0.6 is 0 Å². The van der Waals surface area contributed by atoms with Gasteiger partial charge in [0, 0.05) is 6.61 Å². The average molecular weight is 242 g/mol. The molecule has 16 heavy (non-hydrogen) atoms. The minimum Gasteiger partial charge on any atom is -0.417 e. The van der Waals surface area contributed by atoms with Gasteiger partial charge in [0.25, 0.3) is 0 Å². The van der Waals surface area contributed by atoms with Gasteiger partial charge >= 0.3 is 0 Å². The highest BCUT2D eigenvalue weighted by atomic mass is 28.4. The Morgan fingerprint density at radius 2 is 1.81 bits per heavy atom. The van der Waals surface area contributed by atoms with Gasteiger partial charge in [0.1, 0.15) is 0 Å². The van der Waals surface area contributed by atoms with E-state index in [-0.39, 0.29) is 0 Å². The Hall–Kier alpha value is -0.0831. The first-order chi connectivity index (χ1) is 7.20. The first kappa shape index (κ1) is 15.9. The zero-order valence-corrected chi connectivity index (χ0v) is 13.3. The molecule has 0 saturated carbocycles. The molecule has 0 spiro atoms. The van der Waals surface area contributed by atoms with Crippen LogP contribution in [0.25, 0.3) is 0 Å². The summed E-state index contributed by atoms with van der Waals surface area (Å²) in [5.74, 6) is 0.737. The van der Waals surface area contributed by atoms with Crippen LogP contribution in [0.2, 0.25) is 18.1 Å². The van der Waals surface area contributed by atoms with Crippen molar-refractivity contribution in [3.63, 3.8) is 0 Å². The van der Waals surface area contributed by atoms with Crippen LogP contribution in [0.1, 0.15) is 47.5 Å². The van der Waals surface area contributed by atoms with Crippen LogP contribution in [0.3, 0.4) is 0 Å². The normalized spacial score (nSPS) is 15.7. The molecule has 0 aromatic carbocycles. The van der Waals surface area contributed by atoms with Crippen LogP contribution in [-0.2, 0) is 4.43 Å². The molecule has 0 aromatic rings. The Morgan fingerprint density at radius 1 is 1.25 bits per heavy atom. The largest absolute Gasteiger partial charge is 0.417 e. The predicted molar refractivity (Wildman–Crippen MR) is 76.4 cm³/mol. The van der Waals surface area contributed by atoms with E-state index in [1.165, 1.54) is 12.8 Å². The fraction of sp³-hybridized carbons (Fsp3) is 0.857. The van der Waals surface area contributed by atoms with Crippen molar-refractivity contribution in [2.24, 2.45) is 5.92 Å². The van der Waals surface area contributed by atoms with E-state index in [9.17, 15) is 0 Å². The van der Waals surface area contributed by atoms with Gasteiger partial charge in [-0.1, -0.05) is 39.8 Å². The van der Waals surface area contributed by atoms with E-state index in [4.69, 9.17) is 4.43 Å². The van der Waals surface area contributed by atoms with Gasteiger partial charge in [0.2, 0.25) is 0 Å². The highest BCUT2D eigenvalue weighted by molar-refractivity contribution is 6.74. The van der Waals surface area contributed by atoms with Gasteiger partial charge in [0.15, 0.2) is 8.32 Å².